The Morgan fingerprint density at radius 2 is 1.78 bits per heavy atom. The predicted molar refractivity (Wildman–Crippen MR) is 101 cm³/mol. The minimum absolute atomic E-state index is 0.279. The molecule has 1 aromatic rings. The molecule has 2 aliphatic rings. The number of amides is 1. The molecule has 1 amide bonds. The van der Waals surface area contributed by atoms with E-state index in [1.165, 1.54) is 7.05 Å². The number of ether oxygens (including phenoxy) is 3. The van der Waals surface area contributed by atoms with Gasteiger partial charge in [-0.2, -0.15) is 0 Å². The second-order valence-electron chi connectivity index (χ2n) is 7.49. The smallest absolute Gasteiger partial charge is 0.245 e. The average molecular weight is 377 g/mol. The first-order valence-corrected chi connectivity index (χ1v) is 10.0. The zero-order valence-corrected chi connectivity index (χ0v) is 16.1. The molecule has 27 heavy (non-hydrogen) atoms. The molecule has 4 atom stereocenters. The summed E-state index contributed by atoms with van der Waals surface area (Å²) in [6.07, 6.45) is 6.00. The molecule has 2 bridgehead atoms. The Labute approximate surface area is 161 Å². The standard InChI is InChI=1S/C21H31NO5/c1-22(24)21(23)8-5-13-25-14-11-17-18(20-10-9-19(17)27-20)12-15-26-16-6-3-2-4-7-16/h2-4,6-7,17-20,24H,5,8-15H2,1H3. The van der Waals surface area contributed by atoms with Crippen LogP contribution >= 0.6 is 0 Å². The van der Waals surface area contributed by atoms with E-state index in [1.54, 1.807) is 0 Å². The summed E-state index contributed by atoms with van der Waals surface area (Å²) >= 11 is 0. The molecular weight excluding hydrogens is 346 g/mol. The van der Waals surface area contributed by atoms with Gasteiger partial charge in [0.1, 0.15) is 5.75 Å². The van der Waals surface area contributed by atoms with Crippen LogP contribution in [-0.4, -0.2) is 55.3 Å². The Balaban J connectivity index is 1.35. The highest BCUT2D eigenvalue weighted by Gasteiger charge is 2.47. The molecule has 0 spiro atoms. The lowest BCUT2D eigenvalue weighted by atomic mass is 9.76. The van der Waals surface area contributed by atoms with Crippen molar-refractivity contribution in [2.24, 2.45) is 11.8 Å². The third kappa shape index (κ3) is 5.67. The molecule has 0 saturated carbocycles. The van der Waals surface area contributed by atoms with E-state index in [4.69, 9.17) is 19.4 Å². The van der Waals surface area contributed by atoms with Gasteiger partial charge in [-0.3, -0.25) is 10.0 Å². The highest BCUT2D eigenvalue weighted by Crippen LogP contribution is 2.46. The van der Waals surface area contributed by atoms with Crippen LogP contribution in [0.15, 0.2) is 30.3 Å². The number of carbonyl (C=O) groups is 1. The monoisotopic (exact) mass is 377 g/mol. The van der Waals surface area contributed by atoms with Crippen molar-refractivity contribution in [2.45, 2.75) is 50.7 Å². The summed E-state index contributed by atoms with van der Waals surface area (Å²) in [5, 5.41) is 9.65. The van der Waals surface area contributed by atoms with Crippen LogP contribution in [0.5, 0.6) is 5.75 Å². The average Bonchev–Trinajstić information content (AvgIpc) is 3.27. The number of rotatable bonds is 11. The summed E-state index contributed by atoms with van der Waals surface area (Å²) in [6, 6.07) is 9.94. The van der Waals surface area contributed by atoms with E-state index in [2.05, 4.69) is 0 Å². The second-order valence-corrected chi connectivity index (χ2v) is 7.49. The lowest BCUT2D eigenvalue weighted by molar-refractivity contribution is -0.159. The molecule has 4 unspecified atom stereocenters. The molecule has 2 aliphatic heterocycles. The fourth-order valence-corrected chi connectivity index (χ4v) is 4.31. The molecule has 1 N–H and O–H groups in total. The fraction of sp³-hybridized carbons (Fsp3) is 0.667. The van der Waals surface area contributed by atoms with Gasteiger partial charge in [0.25, 0.3) is 0 Å². The number of nitrogens with zero attached hydrogens (tertiary/aromatic N) is 1. The maximum Gasteiger partial charge on any atom is 0.245 e. The van der Waals surface area contributed by atoms with E-state index < -0.39 is 0 Å². The summed E-state index contributed by atoms with van der Waals surface area (Å²) in [6.45, 7) is 1.95. The van der Waals surface area contributed by atoms with Crippen LogP contribution in [-0.2, 0) is 14.3 Å². The van der Waals surface area contributed by atoms with Gasteiger partial charge in [-0.15, -0.1) is 0 Å². The maximum absolute atomic E-state index is 11.3. The van der Waals surface area contributed by atoms with Crippen molar-refractivity contribution in [3.8, 4) is 5.75 Å². The van der Waals surface area contributed by atoms with E-state index in [9.17, 15) is 4.79 Å². The van der Waals surface area contributed by atoms with E-state index in [0.717, 1.165) is 38.0 Å². The second kappa shape index (κ2) is 10.1. The van der Waals surface area contributed by atoms with E-state index in [0.29, 0.717) is 55.2 Å². The van der Waals surface area contributed by atoms with Crippen molar-refractivity contribution >= 4 is 5.91 Å². The summed E-state index contributed by atoms with van der Waals surface area (Å²) in [5.74, 6) is 1.72. The van der Waals surface area contributed by atoms with E-state index in [-0.39, 0.29) is 5.91 Å². The summed E-state index contributed by atoms with van der Waals surface area (Å²) < 4.78 is 17.7. The Morgan fingerprint density at radius 3 is 2.44 bits per heavy atom. The third-order valence-corrected chi connectivity index (χ3v) is 5.69. The first-order chi connectivity index (χ1) is 13.1. The van der Waals surface area contributed by atoms with Crippen molar-refractivity contribution in [2.75, 3.05) is 26.9 Å². The van der Waals surface area contributed by atoms with Gasteiger partial charge in [0.15, 0.2) is 0 Å². The van der Waals surface area contributed by atoms with Gasteiger partial charge < -0.3 is 14.2 Å². The first kappa shape index (κ1) is 20.1. The minimum atomic E-state index is -0.279. The number of fused-ring (bicyclic) bond motifs is 2. The molecule has 1 aromatic carbocycles. The number of hydrogen-bond donors (Lipinski definition) is 1. The lowest BCUT2D eigenvalue weighted by Crippen LogP contribution is -2.29. The molecule has 6 nitrogen and oxygen atoms in total. The quantitative estimate of drug-likeness (QED) is 0.364. The highest BCUT2D eigenvalue weighted by atomic mass is 16.5. The van der Waals surface area contributed by atoms with Crippen LogP contribution < -0.4 is 4.74 Å². The molecule has 150 valence electrons. The SMILES string of the molecule is CN(O)C(=O)CCCOCCC1C2CCC(O2)C1CCOc1ccccc1. The van der Waals surface area contributed by atoms with Crippen LogP contribution in [0.4, 0.5) is 0 Å². The Morgan fingerprint density at radius 1 is 1.11 bits per heavy atom. The molecule has 6 heteroatoms. The van der Waals surface area contributed by atoms with Crippen LogP contribution in [0.25, 0.3) is 0 Å². The van der Waals surface area contributed by atoms with Gasteiger partial charge in [-0.05, 0) is 56.1 Å². The number of hydrogen-bond acceptors (Lipinski definition) is 5. The molecule has 3 rings (SSSR count). The number of carbonyl (C=O) groups excluding carboxylic acids is 1. The fourth-order valence-electron chi connectivity index (χ4n) is 4.31. The van der Waals surface area contributed by atoms with Crippen molar-refractivity contribution < 1.29 is 24.2 Å². The predicted octanol–water partition coefficient (Wildman–Crippen LogP) is 3.28. The van der Waals surface area contributed by atoms with Gasteiger partial charge in [0.2, 0.25) is 5.91 Å². The van der Waals surface area contributed by atoms with Crippen LogP contribution in [0.1, 0.15) is 38.5 Å². The summed E-state index contributed by atoms with van der Waals surface area (Å²) in [7, 11) is 1.35. The molecule has 0 radical (unpaired) electrons. The van der Waals surface area contributed by atoms with Gasteiger partial charge in [-0.1, -0.05) is 18.2 Å². The van der Waals surface area contributed by atoms with Gasteiger partial charge in [0, 0.05) is 26.7 Å². The molecular formula is C21H31NO5. The largest absolute Gasteiger partial charge is 0.494 e. The first-order valence-electron chi connectivity index (χ1n) is 10.0. The molecule has 2 heterocycles. The van der Waals surface area contributed by atoms with Gasteiger partial charge in [0.05, 0.1) is 18.8 Å². The number of benzene rings is 1. The lowest BCUT2D eigenvalue weighted by Gasteiger charge is -2.28. The Bertz CT molecular complexity index is 579. The zero-order chi connectivity index (χ0) is 19.1. The van der Waals surface area contributed by atoms with Crippen LogP contribution in [0, 0.1) is 11.8 Å². The van der Waals surface area contributed by atoms with E-state index in [1.807, 2.05) is 30.3 Å². The van der Waals surface area contributed by atoms with Crippen LogP contribution in [0.2, 0.25) is 0 Å². The van der Waals surface area contributed by atoms with Crippen molar-refractivity contribution in [1.29, 1.82) is 0 Å². The topological polar surface area (TPSA) is 68.2 Å². The van der Waals surface area contributed by atoms with Gasteiger partial charge in [-0.25, -0.2) is 5.06 Å². The van der Waals surface area contributed by atoms with Crippen molar-refractivity contribution in [3.05, 3.63) is 30.3 Å². The Kier molecular flexibility index (Phi) is 7.50. The van der Waals surface area contributed by atoms with E-state index >= 15 is 0 Å². The minimum Gasteiger partial charge on any atom is -0.494 e. The molecule has 2 saturated heterocycles. The van der Waals surface area contributed by atoms with Crippen molar-refractivity contribution in [3.63, 3.8) is 0 Å². The van der Waals surface area contributed by atoms with Crippen molar-refractivity contribution in [1.82, 2.24) is 5.06 Å². The molecule has 2 fully saturated rings. The van der Waals surface area contributed by atoms with Crippen LogP contribution in [0.3, 0.4) is 0 Å². The number of hydroxylamine groups is 2. The summed E-state index contributed by atoms with van der Waals surface area (Å²) in [4.78, 5) is 11.3. The Hall–Kier alpha value is -1.63. The highest BCUT2D eigenvalue weighted by molar-refractivity contribution is 5.74. The number of para-hydroxylation sites is 1. The van der Waals surface area contributed by atoms with Gasteiger partial charge >= 0.3 is 0 Å². The molecule has 0 aliphatic carbocycles. The summed E-state index contributed by atoms with van der Waals surface area (Å²) in [5.41, 5.74) is 0. The normalized spacial score (nSPS) is 26.3. The zero-order valence-electron chi connectivity index (χ0n) is 16.1. The third-order valence-electron chi connectivity index (χ3n) is 5.69. The molecule has 0 aromatic heterocycles. The maximum atomic E-state index is 11.3.